The van der Waals surface area contributed by atoms with Gasteiger partial charge in [0.1, 0.15) is 12.4 Å². The SMILES string of the molecule is O=C1[C@@H]2[C@H](C(=O)N1/N=C\c1ccccc1OCc1ccc(Br)cc1)[C@@H]1C=C[C@H]2C1. The highest BCUT2D eigenvalue weighted by Crippen LogP contribution is 2.52. The van der Waals surface area contributed by atoms with Gasteiger partial charge in [0.2, 0.25) is 0 Å². The van der Waals surface area contributed by atoms with Crippen molar-refractivity contribution in [2.45, 2.75) is 13.0 Å². The molecular weight excluding hydrogens is 432 g/mol. The third-order valence-electron chi connectivity index (χ3n) is 5.99. The first-order valence-corrected chi connectivity index (χ1v) is 10.5. The summed E-state index contributed by atoms with van der Waals surface area (Å²) in [6, 6.07) is 15.4. The lowest BCUT2D eigenvalue weighted by Gasteiger charge is -2.13. The number of para-hydroxylation sites is 1. The second-order valence-corrected chi connectivity index (χ2v) is 8.60. The molecule has 2 aromatic rings. The lowest BCUT2D eigenvalue weighted by molar-refractivity contribution is -0.140. The molecule has 0 unspecified atom stereocenters. The van der Waals surface area contributed by atoms with Gasteiger partial charge in [-0.1, -0.05) is 52.3 Å². The van der Waals surface area contributed by atoms with Crippen molar-refractivity contribution in [2.24, 2.45) is 28.8 Å². The predicted octanol–water partition coefficient (Wildman–Crippen LogP) is 4.17. The van der Waals surface area contributed by atoms with Crippen LogP contribution in [0.5, 0.6) is 5.75 Å². The Hall–Kier alpha value is -2.73. The maximum absolute atomic E-state index is 12.8. The highest BCUT2D eigenvalue weighted by atomic mass is 79.9. The zero-order valence-electron chi connectivity index (χ0n) is 15.6. The number of benzene rings is 2. The Morgan fingerprint density at radius 2 is 1.66 bits per heavy atom. The van der Waals surface area contributed by atoms with Crippen molar-refractivity contribution >= 4 is 34.0 Å². The highest BCUT2D eigenvalue weighted by Gasteiger charge is 2.59. The molecule has 2 amide bonds. The largest absolute Gasteiger partial charge is 0.488 e. The Kier molecular flexibility index (Phi) is 4.59. The first-order chi connectivity index (χ1) is 14.1. The summed E-state index contributed by atoms with van der Waals surface area (Å²) in [6.45, 7) is 0.416. The van der Waals surface area contributed by atoms with Crippen LogP contribution in [0.15, 0.2) is 70.3 Å². The molecule has 1 saturated carbocycles. The van der Waals surface area contributed by atoms with E-state index in [-0.39, 0.29) is 35.5 Å². The summed E-state index contributed by atoms with van der Waals surface area (Å²) in [5, 5.41) is 5.32. The molecule has 4 atom stereocenters. The van der Waals surface area contributed by atoms with Gasteiger partial charge in [-0.25, -0.2) is 0 Å². The molecule has 0 radical (unpaired) electrons. The molecule has 6 heteroatoms. The number of amides is 2. The number of carbonyl (C=O) groups excluding carboxylic acids is 2. The monoisotopic (exact) mass is 450 g/mol. The number of ether oxygens (including phenoxy) is 1. The normalized spacial score (nSPS) is 27.3. The molecule has 5 rings (SSSR count). The molecule has 0 aromatic heterocycles. The van der Waals surface area contributed by atoms with Crippen LogP contribution < -0.4 is 4.74 Å². The van der Waals surface area contributed by atoms with Crippen LogP contribution in [0.4, 0.5) is 0 Å². The molecule has 2 fully saturated rings. The summed E-state index contributed by atoms with van der Waals surface area (Å²) in [6.07, 6.45) is 6.62. The predicted molar refractivity (Wildman–Crippen MR) is 112 cm³/mol. The van der Waals surface area contributed by atoms with Crippen LogP contribution in [0.25, 0.3) is 0 Å². The molecule has 2 aliphatic carbocycles. The van der Waals surface area contributed by atoms with E-state index in [0.29, 0.717) is 12.4 Å². The van der Waals surface area contributed by atoms with Crippen LogP contribution in [0.3, 0.4) is 0 Å². The van der Waals surface area contributed by atoms with Gasteiger partial charge in [-0.05, 0) is 48.1 Å². The van der Waals surface area contributed by atoms with Crippen molar-refractivity contribution in [1.82, 2.24) is 5.01 Å². The number of allylic oxidation sites excluding steroid dienone is 2. The number of hydrogen-bond donors (Lipinski definition) is 0. The molecule has 0 N–H and O–H groups in total. The van der Waals surface area contributed by atoms with E-state index in [9.17, 15) is 9.59 Å². The summed E-state index contributed by atoms with van der Waals surface area (Å²) < 4.78 is 6.96. The first kappa shape index (κ1) is 18.3. The summed E-state index contributed by atoms with van der Waals surface area (Å²) in [7, 11) is 0. The molecule has 5 nitrogen and oxygen atoms in total. The molecule has 146 valence electrons. The Morgan fingerprint density at radius 3 is 2.34 bits per heavy atom. The van der Waals surface area contributed by atoms with Gasteiger partial charge in [0.25, 0.3) is 11.8 Å². The van der Waals surface area contributed by atoms with E-state index < -0.39 is 0 Å². The molecule has 2 aromatic carbocycles. The fraction of sp³-hybridized carbons (Fsp3) is 0.261. The van der Waals surface area contributed by atoms with E-state index in [4.69, 9.17) is 4.74 Å². The van der Waals surface area contributed by atoms with E-state index in [1.807, 2.05) is 48.5 Å². The van der Waals surface area contributed by atoms with E-state index in [0.717, 1.165) is 27.0 Å². The van der Waals surface area contributed by atoms with Gasteiger partial charge in [0, 0.05) is 10.0 Å². The van der Waals surface area contributed by atoms with E-state index in [2.05, 4.69) is 33.2 Å². The van der Waals surface area contributed by atoms with Gasteiger partial charge in [0.15, 0.2) is 0 Å². The number of hydrogen-bond acceptors (Lipinski definition) is 4. The zero-order chi connectivity index (χ0) is 20.0. The fourth-order valence-corrected chi connectivity index (χ4v) is 4.85. The number of fused-ring (bicyclic) bond motifs is 5. The van der Waals surface area contributed by atoms with Crippen LogP contribution in [-0.2, 0) is 16.2 Å². The van der Waals surface area contributed by atoms with Crippen molar-refractivity contribution in [3.05, 3.63) is 76.3 Å². The Labute approximate surface area is 177 Å². The fourth-order valence-electron chi connectivity index (χ4n) is 4.58. The molecule has 0 spiro atoms. The third kappa shape index (κ3) is 3.21. The number of halogens is 1. The molecule has 1 heterocycles. The van der Waals surface area contributed by atoms with Crippen molar-refractivity contribution in [2.75, 3.05) is 0 Å². The standard InChI is InChI=1S/C23H19BrN2O3/c24-18-9-5-14(6-10-18)13-29-19-4-2-1-3-17(19)12-25-26-22(27)20-15-7-8-16(11-15)21(20)23(26)28/h1-10,12,15-16,20-21H,11,13H2/b25-12-/t15-,16+,20-,21+. The lowest BCUT2D eigenvalue weighted by Crippen LogP contribution is -2.28. The highest BCUT2D eigenvalue weighted by molar-refractivity contribution is 9.10. The number of imide groups is 1. The second-order valence-electron chi connectivity index (χ2n) is 7.69. The van der Waals surface area contributed by atoms with E-state index >= 15 is 0 Å². The number of carbonyl (C=O) groups is 2. The summed E-state index contributed by atoms with van der Waals surface area (Å²) in [5.41, 5.74) is 1.77. The maximum atomic E-state index is 12.8. The second kappa shape index (κ2) is 7.26. The van der Waals surface area contributed by atoms with E-state index in [1.165, 1.54) is 0 Å². The number of hydrazone groups is 1. The molecule has 1 saturated heterocycles. The first-order valence-electron chi connectivity index (χ1n) is 9.68. The molecule has 3 aliphatic rings. The maximum Gasteiger partial charge on any atom is 0.254 e. The average Bonchev–Trinajstić information content (AvgIpc) is 3.41. The average molecular weight is 451 g/mol. The summed E-state index contributed by atoms with van der Waals surface area (Å²) >= 11 is 3.42. The molecular formula is C23H19BrN2O3. The number of nitrogens with zero attached hydrogens (tertiary/aromatic N) is 2. The van der Waals surface area contributed by atoms with Gasteiger partial charge >= 0.3 is 0 Å². The van der Waals surface area contributed by atoms with Gasteiger partial charge in [-0.2, -0.15) is 10.1 Å². The lowest BCUT2D eigenvalue weighted by atomic mass is 9.85. The van der Waals surface area contributed by atoms with Gasteiger partial charge < -0.3 is 4.74 Å². The molecule has 2 bridgehead atoms. The van der Waals surface area contributed by atoms with Crippen LogP contribution in [0, 0.1) is 23.7 Å². The van der Waals surface area contributed by atoms with Crippen LogP contribution in [0.2, 0.25) is 0 Å². The number of rotatable bonds is 5. The minimum atomic E-state index is -0.237. The Morgan fingerprint density at radius 1 is 1.00 bits per heavy atom. The van der Waals surface area contributed by atoms with Crippen LogP contribution in [0.1, 0.15) is 17.5 Å². The van der Waals surface area contributed by atoms with Crippen LogP contribution >= 0.6 is 15.9 Å². The Balaban J connectivity index is 1.32. The van der Waals surface area contributed by atoms with Gasteiger partial charge in [0.05, 0.1) is 18.1 Å². The van der Waals surface area contributed by atoms with Crippen molar-refractivity contribution < 1.29 is 14.3 Å². The van der Waals surface area contributed by atoms with E-state index in [1.54, 1.807) is 6.21 Å². The Bertz CT molecular complexity index is 1000. The van der Waals surface area contributed by atoms with Crippen molar-refractivity contribution in [3.63, 3.8) is 0 Å². The quantitative estimate of drug-likeness (QED) is 0.390. The molecule has 1 aliphatic heterocycles. The third-order valence-corrected chi connectivity index (χ3v) is 6.51. The van der Waals surface area contributed by atoms with Crippen molar-refractivity contribution in [1.29, 1.82) is 0 Å². The van der Waals surface area contributed by atoms with Crippen molar-refractivity contribution in [3.8, 4) is 5.75 Å². The topological polar surface area (TPSA) is 59.0 Å². The smallest absolute Gasteiger partial charge is 0.254 e. The van der Waals surface area contributed by atoms with Gasteiger partial charge in [-0.15, -0.1) is 0 Å². The van der Waals surface area contributed by atoms with Gasteiger partial charge in [-0.3, -0.25) is 9.59 Å². The zero-order valence-corrected chi connectivity index (χ0v) is 17.2. The minimum Gasteiger partial charge on any atom is -0.488 e. The summed E-state index contributed by atoms with van der Waals surface area (Å²) in [5.74, 6) is 0.186. The summed E-state index contributed by atoms with van der Waals surface area (Å²) in [4.78, 5) is 25.5. The minimum absolute atomic E-state index is 0.179. The molecule has 29 heavy (non-hydrogen) atoms. The van der Waals surface area contributed by atoms with Crippen LogP contribution in [-0.4, -0.2) is 23.0 Å².